The van der Waals surface area contributed by atoms with Crippen LogP contribution in [0.1, 0.15) is 19.1 Å². The zero-order valence-electron chi connectivity index (χ0n) is 6.46. The number of aliphatic hydroxyl groups excluding tert-OH is 1. The fraction of sp³-hybridized carbons (Fsp3) is 0.333. The lowest BCUT2D eigenvalue weighted by Crippen LogP contribution is -1.99. The second kappa shape index (κ2) is 6.06. The van der Waals surface area contributed by atoms with Crippen LogP contribution in [0, 0.1) is 0 Å². The Bertz CT molecular complexity index is 280. The Hall–Kier alpha value is -1.51. The molecule has 70 valence electrons. The average Bonchev–Trinajstić information content (AvgIpc) is 2.15. The van der Waals surface area contributed by atoms with Crippen LogP contribution >= 0.6 is 0 Å². The molecule has 0 saturated heterocycles. The zero-order valence-corrected chi connectivity index (χ0v) is 6.46. The van der Waals surface area contributed by atoms with Gasteiger partial charge in [0.05, 0.1) is 12.6 Å². The summed E-state index contributed by atoms with van der Waals surface area (Å²) in [5.74, 6) is 0. The van der Waals surface area contributed by atoms with Gasteiger partial charge in [-0.25, -0.2) is 0 Å². The Morgan fingerprint density at radius 1 is 1.38 bits per heavy atom. The summed E-state index contributed by atoms with van der Waals surface area (Å²) in [5.41, 5.74) is 8.78. The number of azide groups is 1. The molecule has 0 amide bonds. The van der Waals surface area contributed by atoms with E-state index in [9.17, 15) is 5.11 Å². The summed E-state index contributed by atoms with van der Waals surface area (Å²) < 4.78 is 0. The molecule has 1 N–H and O–H groups in total. The van der Waals surface area contributed by atoms with E-state index in [1.807, 2.05) is 18.2 Å². The molecule has 4 nitrogen and oxygen atoms in total. The van der Waals surface area contributed by atoms with Crippen molar-refractivity contribution in [1.29, 1.82) is 0 Å². The quantitative estimate of drug-likeness (QED) is 0.432. The summed E-state index contributed by atoms with van der Waals surface area (Å²) in [4.78, 5) is 2.57. The Morgan fingerprint density at radius 3 is 2.54 bits per heavy atom. The molecule has 0 aliphatic heterocycles. The van der Waals surface area contributed by atoms with Gasteiger partial charge in [-0.05, 0) is 11.1 Å². The van der Waals surface area contributed by atoms with Crippen LogP contribution in [0.25, 0.3) is 10.4 Å². The van der Waals surface area contributed by atoms with E-state index in [2.05, 4.69) is 10.0 Å². The second-order valence-electron chi connectivity index (χ2n) is 2.34. The lowest BCUT2D eigenvalue weighted by molar-refractivity contribution is 0.187. The van der Waals surface area contributed by atoms with Gasteiger partial charge in [-0.15, -0.1) is 0 Å². The van der Waals surface area contributed by atoms with Crippen LogP contribution < -0.4 is 0 Å². The SMILES string of the molecule is C.[N-]=[N+]=NC[C@@H](O)c1ccccc1. The summed E-state index contributed by atoms with van der Waals surface area (Å²) in [6.07, 6.45) is -0.693. The molecule has 1 rings (SSSR count). The van der Waals surface area contributed by atoms with E-state index in [0.717, 1.165) is 5.56 Å². The minimum Gasteiger partial charge on any atom is -0.388 e. The molecule has 0 bridgehead atoms. The molecule has 0 heterocycles. The molecule has 0 saturated carbocycles. The Balaban J connectivity index is 0.00000144. The van der Waals surface area contributed by atoms with Gasteiger partial charge in [0, 0.05) is 4.91 Å². The molecule has 0 fully saturated rings. The van der Waals surface area contributed by atoms with Crippen molar-refractivity contribution in [2.75, 3.05) is 6.54 Å². The second-order valence-corrected chi connectivity index (χ2v) is 2.34. The molecule has 1 atom stereocenters. The van der Waals surface area contributed by atoms with E-state index < -0.39 is 6.10 Å². The van der Waals surface area contributed by atoms with Crippen molar-refractivity contribution in [2.45, 2.75) is 13.5 Å². The molecule has 1 aromatic carbocycles. The number of rotatable bonds is 3. The largest absolute Gasteiger partial charge is 0.388 e. The van der Waals surface area contributed by atoms with Crippen molar-refractivity contribution in [3.63, 3.8) is 0 Å². The van der Waals surface area contributed by atoms with Gasteiger partial charge < -0.3 is 5.11 Å². The molecule has 0 aliphatic carbocycles. The first kappa shape index (κ1) is 11.5. The van der Waals surface area contributed by atoms with Crippen LogP contribution in [-0.2, 0) is 0 Å². The fourth-order valence-corrected chi connectivity index (χ4v) is 0.894. The maximum atomic E-state index is 9.39. The highest BCUT2D eigenvalue weighted by molar-refractivity contribution is 5.17. The van der Waals surface area contributed by atoms with Crippen molar-refractivity contribution in [3.8, 4) is 0 Å². The van der Waals surface area contributed by atoms with Gasteiger partial charge in [-0.3, -0.25) is 0 Å². The average molecular weight is 179 g/mol. The van der Waals surface area contributed by atoms with Crippen molar-refractivity contribution < 1.29 is 5.11 Å². The molecular formula is C9H13N3O. The van der Waals surface area contributed by atoms with Crippen LogP contribution in [0.4, 0.5) is 0 Å². The van der Waals surface area contributed by atoms with Crippen molar-refractivity contribution in [2.24, 2.45) is 5.11 Å². The molecule has 0 unspecified atom stereocenters. The Kier molecular flexibility index (Phi) is 5.35. The van der Waals surface area contributed by atoms with Crippen LogP contribution in [0.5, 0.6) is 0 Å². The van der Waals surface area contributed by atoms with Crippen LogP contribution in [-0.4, -0.2) is 11.7 Å². The van der Waals surface area contributed by atoms with Crippen LogP contribution in [0.3, 0.4) is 0 Å². The molecule has 0 radical (unpaired) electrons. The van der Waals surface area contributed by atoms with Crippen molar-refractivity contribution in [3.05, 3.63) is 46.3 Å². The number of benzene rings is 1. The number of nitrogens with zero attached hydrogens (tertiary/aromatic N) is 3. The normalized spacial score (nSPS) is 10.8. The fourth-order valence-electron chi connectivity index (χ4n) is 0.894. The number of aliphatic hydroxyl groups is 1. The molecule has 13 heavy (non-hydrogen) atoms. The standard InChI is InChI=1S/C8H9N3O.CH4/c9-11-10-6-8(12)7-4-2-1-3-5-7;/h1-5,8,12H,6H2;1H4/t8-;/m1./s1. The Labute approximate surface area is 77.5 Å². The lowest BCUT2D eigenvalue weighted by Gasteiger charge is -2.05. The lowest BCUT2D eigenvalue weighted by atomic mass is 10.1. The first-order chi connectivity index (χ1) is 5.84. The van der Waals surface area contributed by atoms with Gasteiger partial charge in [-0.1, -0.05) is 42.9 Å². The highest BCUT2D eigenvalue weighted by Crippen LogP contribution is 2.11. The van der Waals surface area contributed by atoms with Crippen LogP contribution in [0.15, 0.2) is 35.4 Å². The van der Waals surface area contributed by atoms with Gasteiger partial charge in [-0.2, -0.15) is 0 Å². The van der Waals surface area contributed by atoms with E-state index in [1.54, 1.807) is 12.1 Å². The van der Waals surface area contributed by atoms with Gasteiger partial charge in [0.15, 0.2) is 0 Å². The predicted molar refractivity (Wildman–Crippen MR) is 52.1 cm³/mol. The summed E-state index contributed by atoms with van der Waals surface area (Å²) in [6, 6.07) is 9.10. The van der Waals surface area contributed by atoms with Gasteiger partial charge in [0.2, 0.25) is 0 Å². The Morgan fingerprint density at radius 2 is 2.00 bits per heavy atom. The number of hydrogen-bond donors (Lipinski definition) is 1. The summed E-state index contributed by atoms with van der Waals surface area (Å²) >= 11 is 0. The molecule has 4 heteroatoms. The van der Waals surface area contributed by atoms with Gasteiger partial charge in [0.25, 0.3) is 0 Å². The molecule has 0 spiro atoms. The van der Waals surface area contributed by atoms with E-state index in [0.29, 0.717) is 0 Å². The van der Waals surface area contributed by atoms with E-state index in [-0.39, 0.29) is 14.0 Å². The smallest absolute Gasteiger partial charge is 0.0846 e. The third-order valence-corrected chi connectivity index (χ3v) is 1.50. The van der Waals surface area contributed by atoms with Crippen molar-refractivity contribution in [1.82, 2.24) is 0 Å². The maximum Gasteiger partial charge on any atom is 0.0846 e. The predicted octanol–water partition coefficient (Wildman–Crippen LogP) is 2.67. The minimum atomic E-state index is -0.693. The summed E-state index contributed by atoms with van der Waals surface area (Å²) in [6.45, 7) is 0.0838. The topological polar surface area (TPSA) is 69.0 Å². The highest BCUT2D eigenvalue weighted by Gasteiger charge is 2.03. The monoisotopic (exact) mass is 179 g/mol. The first-order valence-electron chi connectivity index (χ1n) is 3.58. The minimum absolute atomic E-state index is 0. The third-order valence-electron chi connectivity index (χ3n) is 1.50. The molecule has 1 aromatic rings. The zero-order chi connectivity index (χ0) is 8.81. The molecule has 0 aliphatic rings. The van der Waals surface area contributed by atoms with Crippen LogP contribution in [0.2, 0.25) is 0 Å². The van der Waals surface area contributed by atoms with Crippen molar-refractivity contribution >= 4 is 0 Å². The highest BCUT2D eigenvalue weighted by atomic mass is 16.3. The van der Waals surface area contributed by atoms with Gasteiger partial charge >= 0.3 is 0 Å². The van der Waals surface area contributed by atoms with Gasteiger partial charge in [0.1, 0.15) is 0 Å². The molecular weight excluding hydrogens is 166 g/mol. The summed E-state index contributed by atoms with van der Waals surface area (Å²) in [5, 5.41) is 12.7. The van der Waals surface area contributed by atoms with E-state index in [1.165, 1.54) is 0 Å². The molecule has 0 aromatic heterocycles. The van der Waals surface area contributed by atoms with E-state index in [4.69, 9.17) is 5.53 Å². The first-order valence-corrected chi connectivity index (χ1v) is 3.58. The summed E-state index contributed by atoms with van der Waals surface area (Å²) in [7, 11) is 0. The number of hydrogen-bond acceptors (Lipinski definition) is 2. The van der Waals surface area contributed by atoms with E-state index >= 15 is 0 Å². The third kappa shape index (κ3) is 3.60. The maximum absolute atomic E-state index is 9.39.